The van der Waals surface area contributed by atoms with Crippen molar-refractivity contribution in [3.8, 4) is 0 Å². The molecule has 0 saturated carbocycles. The van der Waals surface area contributed by atoms with Crippen molar-refractivity contribution in [1.29, 1.82) is 0 Å². The summed E-state index contributed by atoms with van der Waals surface area (Å²) in [5.74, 6) is 1.52. The molecule has 0 heterocycles. The Morgan fingerprint density at radius 2 is 1.95 bits per heavy atom. The molecule has 118 valence electrons. The summed E-state index contributed by atoms with van der Waals surface area (Å²) in [6.45, 7) is 8.54. The van der Waals surface area contributed by atoms with E-state index in [1.54, 1.807) is 18.9 Å². The molecule has 0 saturated heterocycles. The highest BCUT2D eigenvalue weighted by Crippen LogP contribution is 2.30. The molecule has 3 nitrogen and oxygen atoms in total. The molecule has 0 aliphatic carbocycles. The number of carbonyl (C=O) groups excluding carboxylic acids is 1. The second-order valence-corrected chi connectivity index (χ2v) is 6.80. The van der Waals surface area contributed by atoms with E-state index < -0.39 is 0 Å². The number of hydrogen-bond acceptors (Lipinski definition) is 3. The molecule has 1 rings (SSSR count). The summed E-state index contributed by atoms with van der Waals surface area (Å²) in [5, 5.41) is 0.698. The number of thioether (sulfide) groups is 1. The number of amides is 1. The molecule has 0 aromatic heterocycles. The fourth-order valence-corrected chi connectivity index (χ4v) is 3.29. The minimum atomic E-state index is -0.0152. The van der Waals surface area contributed by atoms with Crippen molar-refractivity contribution in [1.82, 2.24) is 0 Å². The van der Waals surface area contributed by atoms with Crippen molar-refractivity contribution in [2.24, 2.45) is 0 Å². The Hall–Kier alpha value is -0.710. The van der Waals surface area contributed by atoms with Crippen LogP contribution in [0, 0.1) is 13.8 Å². The zero-order valence-corrected chi connectivity index (χ0v) is 15.0. The summed E-state index contributed by atoms with van der Waals surface area (Å²) in [6, 6.07) is 3.78. The Morgan fingerprint density at radius 1 is 1.38 bits per heavy atom. The summed E-state index contributed by atoms with van der Waals surface area (Å²) in [6.07, 6.45) is 0. The number of carbonyl (C=O) groups is 1. The predicted molar refractivity (Wildman–Crippen MR) is 92.7 cm³/mol. The Kier molecular flexibility index (Phi) is 7.57. The van der Waals surface area contributed by atoms with Gasteiger partial charge in [-0.2, -0.15) is 11.8 Å². The van der Waals surface area contributed by atoms with E-state index in [1.165, 1.54) is 0 Å². The normalized spacial score (nSPS) is 12.3. The van der Waals surface area contributed by atoms with Crippen molar-refractivity contribution in [3.05, 3.63) is 28.3 Å². The molecular formula is C16H24ClNO2S. The van der Waals surface area contributed by atoms with Gasteiger partial charge in [0.2, 0.25) is 5.91 Å². The zero-order valence-electron chi connectivity index (χ0n) is 13.4. The van der Waals surface area contributed by atoms with Crippen molar-refractivity contribution < 1.29 is 9.53 Å². The molecule has 0 spiro atoms. The van der Waals surface area contributed by atoms with E-state index in [0.29, 0.717) is 17.4 Å². The first-order valence-corrected chi connectivity index (χ1v) is 8.61. The maximum Gasteiger partial charge on any atom is 0.237 e. The van der Waals surface area contributed by atoms with Crippen LogP contribution in [0.1, 0.15) is 25.0 Å². The van der Waals surface area contributed by atoms with Crippen LogP contribution in [0.4, 0.5) is 5.69 Å². The van der Waals surface area contributed by atoms with Crippen LogP contribution >= 0.6 is 23.4 Å². The van der Waals surface area contributed by atoms with Crippen LogP contribution in [0.5, 0.6) is 0 Å². The van der Waals surface area contributed by atoms with Gasteiger partial charge in [0, 0.05) is 17.8 Å². The van der Waals surface area contributed by atoms with Gasteiger partial charge in [0.25, 0.3) is 0 Å². The van der Waals surface area contributed by atoms with Crippen LogP contribution in [0.15, 0.2) is 12.1 Å². The van der Waals surface area contributed by atoms with Crippen LogP contribution < -0.4 is 4.90 Å². The number of methoxy groups -OCH3 is 1. The summed E-state index contributed by atoms with van der Waals surface area (Å²) in [7, 11) is 1.65. The summed E-state index contributed by atoms with van der Waals surface area (Å²) >= 11 is 7.73. The van der Waals surface area contributed by atoms with Crippen molar-refractivity contribution in [2.45, 2.75) is 33.7 Å². The lowest BCUT2D eigenvalue weighted by atomic mass is 10.1. The summed E-state index contributed by atoms with van der Waals surface area (Å²) in [5.41, 5.74) is 2.97. The minimum absolute atomic E-state index is 0.0152. The molecule has 0 bridgehead atoms. The van der Waals surface area contributed by atoms with E-state index in [1.807, 2.05) is 37.8 Å². The molecule has 0 aliphatic rings. The average molecular weight is 330 g/mol. The fraction of sp³-hybridized carbons (Fsp3) is 0.562. The lowest BCUT2D eigenvalue weighted by Gasteiger charge is -2.31. The maximum atomic E-state index is 12.6. The Balaban J connectivity index is 3.20. The smallest absolute Gasteiger partial charge is 0.237 e. The molecular weight excluding hydrogens is 306 g/mol. The third kappa shape index (κ3) is 4.90. The summed E-state index contributed by atoms with van der Waals surface area (Å²) in [4.78, 5) is 14.5. The number of nitrogens with zero attached hydrogens (tertiary/aromatic N) is 1. The number of halogens is 1. The van der Waals surface area contributed by atoms with E-state index in [-0.39, 0.29) is 11.9 Å². The van der Waals surface area contributed by atoms with E-state index >= 15 is 0 Å². The van der Waals surface area contributed by atoms with E-state index in [0.717, 1.165) is 22.6 Å². The highest BCUT2D eigenvalue weighted by Gasteiger charge is 2.24. The highest BCUT2D eigenvalue weighted by molar-refractivity contribution is 7.99. The number of hydrogen-bond donors (Lipinski definition) is 0. The quantitative estimate of drug-likeness (QED) is 0.755. The highest BCUT2D eigenvalue weighted by atomic mass is 35.5. The minimum Gasteiger partial charge on any atom is -0.383 e. The Labute approximate surface area is 137 Å². The SMILES string of the molecule is CCSCC(=O)N(c1c(C)cc(Cl)cc1C)C(C)COC. The van der Waals surface area contributed by atoms with Gasteiger partial charge in [0.05, 0.1) is 18.4 Å². The monoisotopic (exact) mass is 329 g/mol. The van der Waals surface area contributed by atoms with Gasteiger partial charge < -0.3 is 9.64 Å². The first-order chi connectivity index (χ1) is 9.92. The number of rotatable bonds is 7. The molecule has 1 amide bonds. The first kappa shape index (κ1) is 18.3. The van der Waals surface area contributed by atoms with Gasteiger partial charge in [-0.05, 0) is 49.8 Å². The molecule has 0 N–H and O–H groups in total. The fourth-order valence-electron chi connectivity index (χ4n) is 2.45. The lowest BCUT2D eigenvalue weighted by Crippen LogP contribution is -2.43. The topological polar surface area (TPSA) is 29.5 Å². The maximum absolute atomic E-state index is 12.6. The number of anilines is 1. The van der Waals surface area contributed by atoms with Gasteiger partial charge in [-0.15, -0.1) is 0 Å². The molecule has 5 heteroatoms. The molecule has 1 unspecified atom stereocenters. The molecule has 0 fully saturated rings. The summed E-state index contributed by atoms with van der Waals surface area (Å²) < 4.78 is 5.24. The Bertz CT molecular complexity index is 470. The largest absolute Gasteiger partial charge is 0.383 e. The van der Waals surface area contributed by atoms with Crippen LogP contribution in [-0.2, 0) is 9.53 Å². The molecule has 1 aromatic carbocycles. The van der Waals surface area contributed by atoms with Crippen LogP contribution in [0.3, 0.4) is 0 Å². The lowest BCUT2D eigenvalue weighted by molar-refractivity contribution is -0.116. The number of ether oxygens (including phenoxy) is 1. The molecule has 0 radical (unpaired) electrons. The van der Waals surface area contributed by atoms with Gasteiger partial charge in [0.15, 0.2) is 0 Å². The average Bonchev–Trinajstić information content (AvgIpc) is 2.40. The van der Waals surface area contributed by atoms with Crippen molar-refractivity contribution in [2.75, 3.05) is 30.1 Å². The van der Waals surface area contributed by atoms with Gasteiger partial charge in [-0.3, -0.25) is 4.79 Å². The van der Waals surface area contributed by atoms with Crippen LogP contribution in [0.2, 0.25) is 5.02 Å². The van der Waals surface area contributed by atoms with E-state index in [9.17, 15) is 4.79 Å². The van der Waals surface area contributed by atoms with Gasteiger partial charge in [-0.25, -0.2) is 0 Å². The first-order valence-electron chi connectivity index (χ1n) is 7.07. The third-order valence-electron chi connectivity index (χ3n) is 3.24. The van der Waals surface area contributed by atoms with Crippen LogP contribution in [0.25, 0.3) is 0 Å². The Morgan fingerprint density at radius 3 is 2.43 bits per heavy atom. The molecule has 1 atom stereocenters. The number of aryl methyl sites for hydroxylation is 2. The second kappa shape index (κ2) is 8.66. The predicted octanol–water partition coefficient (Wildman–Crippen LogP) is 4.08. The van der Waals surface area contributed by atoms with E-state index in [4.69, 9.17) is 16.3 Å². The second-order valence-electron chi connectivity index (χ2n) is 5.09. The van der Waals surface area contributed by atoms with Crippen molar-refractivity contribution in [3.63, 3.8) is 0 Å². The van der Waals surface area contributed by atoms with Gasteiger partial charge >= 0.3 is 0 Å². The van der Waals surface area contributed by atoms with Crippen molar-refractivity contribution >= 4 is 35.0 Å². The van der Waals surface area contributed by atoms with Gasteiger partial charge in [-0.1, -0.05) is 18.5 Å². The standard InChI is InChI=1S/C16H24ClNO2S/c1-6-21-10-15(19)18(13(4)9-20-5)16-11(2)7-14(17)8-12(16)3/h7-8,13H,6,9-10H2,1-5H3. The molecule has 21 heavy (non-hydrogen) atoms. The number of benzene rings is 1. The van der Waals surface area contributed by atoms with E-state index in [2.05, 4.69) is 6.92 Å². The third-order valence-corrected chi connectivity index (χ3v) is 4.32. The zero-order chi connectivity index (χ0) is 16.0. The van der Waals surface area contributed by atoms with Crippen LogP contribution in [-0.4, -0.2) is 37.2 Å². The molecule has 0 aliphatic heterocycles. The molecule has 1 aromatic rings. The van der Waals surface area contributed by atoms with Gasteiger partial charge in [0.1, 0.15) is 0 Å².